The number of hydrogen-bond donors (Lipinski definition) is 1. The number of likely N-dealkylation sites (tertiary alicyclic amines) is 1. The Morgan fingerprint density at radius 1 is 1.27 bits per heavy atom. The van der Waals surface area contributed by atoms with Crippen LogP contribution in [0.5, 0.6) is 0 Å². The molecule has 0 unspecified atom stereocenters. The average molecular weight is 303 g/mol. The highest BCUT2D eigenvalue weighted by atomic mass is 16.2. The summed E-state index contributed by atoms with van der Waals surface area (Å²) in [6, 6.07) is 10.4. The highest BCUT2D eigenvalue weighted by molar-refractivity contribution is 5.81. The van der Waals surface area contributed by atoms with E-state index in [9.17, 15) is 4.79 Å². The van der Waals surface area contributed by atoms with Gasteiger partial charge in [-0.2, -0.15) is 0 Å². The zero-order valence-electron chi connectivity index (χ0n) is 14.2. The summed E-state index contributed by atoms with van der Waals surface area (Å²) in [5.74, 6) is 0.931. The topological polar surface area (TPSA) is 49.6 Å². The van der Waals surface area contributed by atoms with Gasteiger partial charge in [0.2, 0.25) is 5.91 Å². The Bertz CT molecular complexity index is 476. The molecule has 2 N–H and O–H groups in total. The van der Waals surface area contributed by atoms with Crippen molar-refractivity contribution in [2.45, 2.75) is 39.4 Å². The van der Waals surface area contributed by atoms with Crippen molar-refractivity contribution in [2.24, 2.45) is 17.6 Å². The van der Waals surface area contributed by atoms with Gasteiger partial charge in [-0.3, -0.25) is 9.69 Å². The van der Waals surface area contributed by atoms with Crippen LogP contribution in [-0.4, -0.2) is 47.9 Å². The molecule has 122 valence electrons. The van der Waals surface area contributed by atoms with Crippen LogP contribution in [0.25, 0.3) is 0 Å². The predicted molar refractivity (Wildman–Crippen MR) is 90.3 cm³/mol. The first-order valence-electron chi connectivity index (χ1n) is 8.18. The number of carbonyl (C=O) groups is 1. The van der Waals surface area contributed by atoms with Crippen LogP contribution in [0.15, 0.2) is 30.3 Å². The molecule has 1 saturated heterocycles. The summed E-state index contributed by atoms with van der Waals surface area (Å²) in [5.41, 5.74) is 7.11. The van der Waals surface area contributed by atoms with E-state index in [1.165, 1.54) is 5.56 Å². The minimum Gasteiger partial charge on any atom is -0.341 e. The molecule has 1 aliphatic rings. The SMILES string of the molecule is C[C@H](N)C(=O)N(C)C1[C@@H](C)CN(Cc2ccccc2)C[C@@H]1C. The first kappa shape index (κ1) is 17.0. The third-order valence-electron chi connectivity index (χ3n) is 4.69. The monoisotopic (exact) mass is 303 g/mol. The lowest BCUT2D eigenvalue weighted by Gasteiger charge is -2.45. The van der Waals surface area contributed by atoms with Crippen LogP contribution in [0.3, 0.4) is 0 Å². The lowest BCUT2D eigenvalue weighted by Crippen LogP contribution is -2.57. The number of amides is 1. The summed E-state index contributed by atoms with van der Waals surface area (Å²) in [6.07, 6.45) is 0. The molecular formula is C18H29N3O. The number of rotatable bonds is 4. The van der Waals surface area contributed by atoms with Gasteiger partial charge in [-0.05, 0) is 24.3 Å². The van der Waals surface area contributed by atoms with E-state index in [1.54, 1.807) is 6.92 Å². The fourth-order valence-corrected chi connectivity index (χ4v) is 3.87. The molecule has 1 heterocycles. The Balaban J connectivity index is 2.01. The standard InChI is InChI=1S/C18H29N3O/c1-13-10-21(12-16-8-6-5-7-9-16)11-14(2)17(13)20(4)18(22)15(3)19/h5-9,13-15,17H,10-12,19H2,1-4H3/t13-,14-,15-/m0/s1. The quantitative estimate of drug-likeness (QED) is 0.925. The molecule has 0 bridgehead atoms. The van der Waals surface area contributed by atoms with Gasteiger partial charge in [0.15, 0.2) is 0 Å². The summed E-state index contributed by atoms with van der Waals surface area (Å²) in [4.78, 5) is 16.6. The van der Waals surface area contributed by atoms with Crippen LogP contribution < -0.4 is 5.73 Å². The molecule has 1 aliphatic heterocycles. The molecule has 0 aliphatic carbocycles. The molecule has 0 radical (unpaired) electrons. The maximum atomic E-state index is 12.2. The number of nitrogens with zero attached hydrogens (tertiary/aromatic N) is 2. The molecule has 0 spiro atoms. The van der Waals surface area contributed by atoms with Crippen molar-refractivity contribution < 1.29 is 4.79 Å². The minimum absolute atomic E-state index is 0.0419. The van der Waals surface area contributed by atoms with E-state index >= 15 is 0 Å². The van der Waals surface area contributed by atoms with Crippen LogP contribution in [-0.2, 0) is 11.3 Å². The Kier molecular flexibility index (Phi) is 5.59. The third kappa shape index (κ3) is 3.87. The van der Waals surface area contributed by atoms with Crippen LogP contribution in [0.2, 0.25) is 0 Å². The summed E-state index contributed by atoms with van der Waals surface area (Å²) >= 11 is 0. The van der Waals surface area contributed by atoms with Crippen molar-refractivity contribution in [3.63, 3.8) is 0 Å². The molecule has 0 aromatic heterocycles. The van der Waals surface area contributed by atoms with E-state index in [-0.39, 0.29) is 11.9 Å². The molecular weight excluding hydrogens is 274 g/mol. The molecule has 4 nitrogen and oxygen atoms in total. The van der Waals surface area contributed by atoms with Gasteiger partial charge in [-0.15, -0.1) is 0 Å². The first-order chi connectivity index (χ1) is 10.4. The molecule has 1 amide bonds. The number of hydrogen-bond acceptors (Lipinski definition) is 3. The molecule has 3 atom stereocenters. The highest BCUT2D eigenvalue weighted by Gasteiger charge is 2.36. The van der Waals surface area contributed by atoms with Gasteiger partial charge in [-0.25, -0.2) is 0 Å². The molecule has 1 fully saturated rings. The Morgan fingerprint density at radius 3 is 2.32 bits per heavy atom. The average Bonchev–Trinajstić information content (AvgIpc) is 2.46. The first-order valence-corrected chi connectivity index (χ1v) is 8.18. The lowest BCUT2D eigenvalue weighted by atomic mass is 9.84. The van der Waals surface area contributed by atoms with Crippen molar-refractivity contribution in [1.82, 2.24) is 9.80 Å². The van der Waals surface area contributed by atoms with E-state index in [0.717, 1.165) is 19.6 Å². The van der Waals surface area contributed by atoms with Crippen molar-refractivity contribution >= 4 is 5.91 Å². The number of nitrogens with two attached hydrogens (primary N) is 1. The zero-order valence-corrected chi connectivity index (χ0v) is 14.2. The Hall–Kier alpha value is -1.39. The predicted octanol–water partition coefficient (Wildman–Crippen LogP) is 1.95. The van der Waals surface area contributed by atoms with Gasteiger partial charge in [0.1, 0.15) is 0 Å². The van der Waals surface area contributed by atoms with Crippen molar-refractivity contribution in [3.05, 3.63) is 35.9 Å². The van der Waals surface area contributed by atoms with Crippen LogP contribution >= 0.6 is 0 Å². The molecule has 1 aromatic carbocycles. The fourth-order valence-electron chi connectivity index (χ4n) is 3.87. The van der Waals surface area contributed by atoms with Crippen molar-refractivity contribution in [3.8, 4) is 0 Å². The highest BCUT2D eigenvalue weighted by Crippen LogP contribution is 2.27. The fraction of sp³-hybridized carbons (Fsp3) is 0.611. The van der Waals surface area contributed by atoms with E-state index in [4.69, 9.17) is 5.73 Å². The van der Waals surface area contributed by atoms with Crippen LogP contribution in [0.4, 0.5) is 0 Å². The minimum atomic E-state index is -0.424. The van der Waals surface area contributed by atoms with Gasteiger partial charge in [0.25, 0.3) is 0 Å². The molecule has 0 saturated carbocycles. The molecule has 22 heavy (non-hydrogen) atoms. The van der Waals surface area contributed by atoms with E-state index in [2.05, 4.69) is 49.1 Å². The number of carbonyl (C=O) groups excluding carboxylic acids is 1. The summed E-state index contributed by atoms with van der Waals surface area (Å²) in [6.45, 7) is 9.25. The van der Waals surface area contributed by atoms with Crippen LogP contribution in [0, 0.1) is 11.8 Å². The summed E-state index contributed by atoms with van der Waals surface area (Å²) in [5, 5.41) is 0. The van der Waals surface area contributed by atoms with Crippen molar-refractivity contribution in [1.29, 1.82) is 0 Å². The molecule has 2 rings (SSSR count). The van der Waals surface area contributed by atoms with E-state index in [0.29, 0.717) is 11.8 Å². The van der Waals surface area contributed by atoms with Crippen LogP contribution in [0.1, 0.15) is 26.3 Å². The number of likely N-dealkylation sites (N-methyl/N-ethyl adjacent to an activating group) is 1. The van der Waals surface area contributed by atoms with Gasteiger partial charge in [0, 0.05) is 32.7 Å². The summed E-state index contributed by atoms with van der Waals surface area (Å²) < 4.78 is 0. The maximum Gasteiger partial charge on any atom is 0.239 e. The Labute approximate surface area is 134 Å². The second-order valence-corrected chi connectivity index (χ2v) is 6.86. The van der Waals surface area contributed by atoms with Crippen molar-refractivity contribution in [2.75, 3.05) is 20.1 Å². The van der Waals surface area contributed by atoms with E-state index < -0.39 is 6.04 Å². The van der Waals surface area contributed by atoms with Gasteiger partial charge in [-0.1, -0.05) is 44.2 Å². The second-order valence-electron chi connectivity index (χ2n) is 6.86. The van der Waals surface area contributed by atoms with Gasteiger partial charge >= 0.3 is 0 Å². The normalized spacial score (nSPS) is 25.0. The zero-order chi connectivity index (χ0) is 16.3. The molecule has 1 aromatic rings. The Morgan fingerprint density at radius 2 is 1.82 bits per heavy atom. The second kappa shape index (κ2) is 7.25. The third-order valence-corrected chi connectivity index (χ3v) is 4.69. The smallest absolute Gasteiger partial charge is 0.239 e. The maximum absolute atomic E-state index is 12.2. The number of benzene rings is 1. The largest absolute Gasteiger partial charge is 0.341 e. The number of piperidine rings is 1. The van der Waals surface area contributed by atoms with E-state index in [1.807, 2.05) is 11.9 Å². The molecule has 4 heteroatoms. The van der Waals surface area contributed by atoms with Gasteiger partial charge < -0.3 is 10.6 Å². The van der Waals surface area contributed by atoms with Gasteiger partial charge in [0.05, 0.1) is 6.04 Å². The lowest BCUT2D eigenvalue weighted by molar-refractivity contribution is -0.136. The summed E-state index contributed by atoms with van der Waals surface area (Å²) in [7, 11) is 1.90.